The molecule has 5 rings (SSSR count). The molecule has 3 N–H and O–H groups in total. The third-order valence-corrected chi connectivity index (χ3v) is 6.96. The van der Waals surface area contributed by atoms with E-state index in [-0.39, 0.29) is 39.5 Å². The molecular weight excluding hydrogens is 450 g/mol. The number of fused-ring (bicyclic) bond motifs is 1. The second kappa shape index (κ2) is 8.52. The number of ether oxygens (including phenoxy) is 1. The highest BCUT2D eigenvalue weighted by atomic mass is 35.5. The van der Waals surface area contributed by atoms with E-state index in [9.17, 15) is 8.78 Å². The maximum atomic E-state index is 14.0. The van der Waals surface area contributed by atoms with Crippen LogP contribution in [0.5, 0.6) is 0 Å². The topological polar surface area (TPSA) is 93.0 Å². The Hall–Kier alpha value is -2.80. The molecule has 0 amide bonds. The Bertz CT molecular complexity index is 1260. The third kappa shape index (κ3) is 3.92. The summed E-state index contributed by atoms with van der Waals surface area (Å²) in [4.78, 5) is 11.1. The van der Waals surface area contributed by atoms with Crippen LogP contribution in [0.15, 0.2) is 18.2 Å². The SMILES string of the molecule is C[C@@H]1OCC2(CCN(c3nc4[nH]nc(C#Cc5ccc(Cl)cc5F)c4nc3CF)CC2)[C@@H]1N. The summed E-state index contributed by atoms with van der Waals surface area (Å²) in [5.74, 6) is 5.48. The second-order valence-electron chi connectivity index (χ2n) is 8.66. The molecule has 2 fully saturated rings. The Kier molecular flexibility index (Phi) is 5.69. The van der Waals surface area contributed by atoms with Crippen molar-refractivity contribution in [3.63, 3.8) is 0 Å². The van der Waals surface area contributed by atoms with Crippen molar-refractivity contribution in [2.75, 3.05) is 24.6 Å². The zero-order valence-electron chi connectivity index (χ0n) is 18.0. The van der Waals surface area contributed by atoms with Crippen molar-refractivity contribution in [1.82, 2.24) is 20.2 Å². The van der Waals surface area contributed by atoms with Gasteiger partial charge in [0.05, 0.1) is 18.3 Å². The number of benzene rings is 1. The molecule has 2 aliphatic heterocycles. The summed E-state index contributed by atoms with van der Waals surface area (Å²) in [6.07, 6.45) is 1.73. The molecule has 1 spiro atoms. The number of piperidine rings is 1. The molecule has 10 heteroatoms. The van der Waals surface area contributed by atoms with Gasteiger partial charge in [-0.05, 0) is 43.9 Å². The Morgan fingerprint density at radius 1 is 1.30 bits per heavy atom. The number of hydrogen-bond donors (Lipinski definition) is 2. The van der Waals surface area contributed by atoms with Gasteiger partial charge in [-0.15, -0.1) is 0 Å². The van der Waals surface area contributed by atoms with Crippen LogP contribution in [0.1, 0.15) is 36.7 Å². The van der Waals surface area contributed by atoms with Gasteiger partial charge in [0, 0.05) is 29.6 Å². The molecule has 7 nitrogen and oxygen atoms in total. The minimum atomic E-state index is -0.774. The largest absolute Gasteiger partial charge is 0.376 e. The molecule has 2 aromatic heterocycles. The van der Waals surface area contributed by atoms with Gasteiger partial charge in [-0.3, -0.25) is 5.10 Å². The summed E-state index contributed by atoms with van der Waals surface area (Å²) in [6, 6.07) is 4.23. The molecule has 3 aromatic rings. The van der Waals surface area contributed by atoms with Gasteiger partial charge in [0.2, 0.25) is 0 Å². The van der Waals surface area contributed by atoms with Crippen LogP contribution in [0.4, 0.5) is 14.6 Å². The first-order chi connectivity index (χ1) is 15.9. The quantitative estimate of drug-likeness (QED) is 0.556. The smallest absolute Gasteiger partial charge is 0.177 e. The minimum absolute atomic E-state index is 0.00641. The van der Waals surface area contributed by atoms with Crippen molar-refractivity contribution in [3.05, 3.63) is 46.0 Å². The molecule has 1 aromatic carbocycles. The summed E-state index contributed by atoms with van der Waals surface area (Å²) >= 11 is 5.78. The highest BCUT2D eigenvalue weighted by Gasteiger charge is 2.47. The van der Waals surface area contributed by atoms with Crippen molar-refractivity contribution in [2.45, 2.75) is 38.6 Å². The zero-order valence-corrected chi connectivity index (χ0v) is 18.8. The summed E-state index contributed by atoms with van der Waals surface area (Å²) < 4.78 is 33.8. The van der Waals surface area contributed by atoms with Gasteiger partial charge in [-0.2, -0.15) is 5.10 Å². The van der Waals surface area contributed by atoms with E-state index in [0.717, 1.165) is 12.8 Å². The number of anilines is 1. The molecule has 172 valence electrons. The molecule has 0 aliphatic carbocycles. The lowest BCUT2D eigenvalue weighted by atomic mass is 9.73. The lowest BCUT2D eigenvalue weighted by Crippen LogP contribution is -2.51. The number of H-pyrrole nitrogens is 1. The van der Waals surface area contributed by atoms with Crippen LogP contribution in [0.3, 0.4) is 0 Å². The van der Waals surface area contributed by atoms with Crippen molar-refractivity contribution >= 4 is 28.6 Å². The Balaban J connectivity index is 1.42. The molecule has 2 saturated heterocycles. The van der Waals surface area contributed by atoms with Crippen molar-refractivity contribution in [1.29, 1.82) is 0 Å². The van der Waals surface area contributed by atoms with Gasteiger partial charge < -0.3 is 15.4 Å². The molecular formula is C23H23ClF2N6O. The average Bonchev–Trinajstić information content (AvgIpc) is 3.34. The van der Waals surface area contributed by atoms with Crippen LogP contribution in [0.2, 0.25) is 5.02 Å². The fourth-order valence-corrected chi connectivity index (χ4v) is 4.81. The summed E-state index contributed by atoms with van der Waals surface area (Å²) in [5.41, 5.74) is 7.78. The number of nitrogens with zero attached hydrogens (tertiary/aromatic N) is 4. The van der Waals surface area contributed by atoms with E-state index in [0.29, 0.717) is 36.7 Å². The van der Waals surface area contributed by atoms with Crippen LogP contribution >= 0.6 is 11.6 Å². The van der Waals surface area contributed by atoms with Crippen molar-refractivity contribution in [3.8, 4) is 11.8 Å². The van der Waals surface area contributed by atoms with E-state index >= 15 is 0 Å². The highest BCUT2D eigenvalue weighted by Crippen LogP contribution is 2.42. The number of alkyl halides is 1. The molecule has 33 heavy (non-hydrogen) atoms. The zero-order chi connectivity index (χ0) is 23.2. The summed E-state index contributed by atoms with van der Waals surface area (Å²) in [5, 5.41) is 7.25. The third-order valence-electron chi connectivity index (χ3n) is 6.72. The van der Waals surface area contributed by atoms with Crippen LogP contribution in [-0.4, -0.2) is 52.0 Å². The first-order valence-electron chi connectivity index (χ1n) is 10.8. The normalized spacial score (nSPS) is 22.0. The predicted octanol–water partition coefficient (Wildman–Crippen LogP) is 3.35. The van der Waals surface area contributed by atoms with Gasteiger partial charge in [-0.25, -0.2) is 18.7 Å². The molecule has 2 aliphatic rings. The number of aromatic amines is 1. The summed E-state index contributed by atoms with van der Waals surface area (Å²) in [7, 11) is 0. The van der Waals surface area contributed by atoms with E-state index < -0.39 is 12.5 Å². The van der Waals surface area contributed by atoms with E-state index in [1.807, 2.05) is 11.8 Å². The van der Waals surface area contributed by atoms with Crippen molar-refractivity contribution < 1.29 is 13.5 Å². The number of aromatic nitrogens is 4. The fraction of sp³-hybridized carbons (Fsp3) is 0.435. The molecule has 4 heterocycles. The Morgan fingerprint density at radius 3 is 2.76 bits per heavy atom. The van der Waals surface area contributed by atoms with Gasteiger partial charge in [0.15, 0.2) is 17.2 Å². The number of rotatable bonds is 2. The number of nitrogens with two attached hydrogens (primary N) is 1. The van der Waals surface area contributed by atoms with E-state index in [1.165, 1.54) is 12.1 Å². The monoisotopic (exact) mass is 472 g/mol. The highest BCUT2D eigenvalue weighted by molar-refractivity contribution is 6.30. The van der Waals surface area contributed by atoms with Gasteiger partial charge in [0.25, 0.3) is 0 Å². The lowest BCUT2D eigenvalue weighted by molar-refractivity contribution is 0.0974. The molecule has 0 unspecified atom stereocenters. The fourth-order valence-electron chi connectivity index (χ4n) is 4.65. The van der Waals surface area contributed by atoms with Crippen molar-refractivity contribution in [2.24, 2.45) is 11.1 Å². The van der Waals surface area contributed by atoms with Crippen LogP contribution < -0.4 is 10.6 Å². The molecule has 0 saturated carbocycles. The van der Waals surface area contributed by atoms with Gasteiger partial charge >= 0.3 is 0 Å². The first-order valence-corrected chi connectivity index (χ1v) is 11.2. The number of nitrogens with one attached hydrogen (secondary N) is 1. The van der Waals surface area contributed by atoms with E-state index in [2.05, 4.69) is 32.0 Å². The standard InChI is InChI=1S/C23H23ClF2N6O/c1-13-20(27)23(12-33-13)6-8-32(9-7-23)22-18(11-25)28-19-17(30-31-21(19)29-22)5-3-14-2-4-15(24)10-16(14)26/h2,4,10,13,20H,6-9,11-12,27H2,1H3,(H,29,30,31)/t13-,20+/m0/s1. The Morgan fingerprint density at radius 2 is 2.09 bits per heavy atom. The summed E-state index contributed by atoms with van der Waals surface area (Å²) in [6.45, 7) is 3.26. The lowest BCUT2D eigenvalue weighted by Gasteiger charge is -2.41. The van der Waals surface area contributed by atoms with E-state index in [1.54, 1.807) is 6.07 Å². The number of halogens is 3. The minimum Gasteiger partial charge on any atom is -0.376 e. The van der Waals surface area contributed by atoms with E-state index in [4.69, 9.17) is 22.1 Å². The Labute approximate surface area is 194 Å². The molecule has 2 atom stereocenters. The maximum absolute atomic E-state index is 14.0. The van der Waals surface area contributed by atoms with Crippen LogP contribution in [0.25, 0.3) is 11.2 Å². The first kappa shape index (κ1) is 22.0. The molecule has 0 radical (unpaired) electrons. The van der Waals surface area contributed by atoms with Gasteiger partial charge in [-0.1, -0.05) is 17.5 Å². The van der Waals surface area contributed by atoms with Crippen LogP contribution in [0, 0.1) is 23.1 Å². The molecule has 0 bridgehead atoms. The average molecular weight is 473 g/mol. The van der Waals surface area contributed by atoms with Crippen LogP contribution in [-0.2, 0) is 11.4 Å². The second-order valence-corrected chi connectivity index (χ2v) is 9.10. The maximum Gasteiger partial charge on any atom is 0.177 e. The number of hydrogen-bond acceptors (Lipinski definition) is 6. The predicted molar refractivity (Wildman–Crippen MR) is 121 cm³/mol. The van der Waals surface area contributed by atoms with Gasteiger partial charge in [0.1, 0.15) is 23.7 Å².